The molecule has 1 aromatic rings. The minimum Gasteiger partial charge on any atom is -0.492 e. The van der Waals surface area contributed by atoms with Crippen molar-refractivity contribution in [3.63, 3.8) is 0 Å². The summed E-state index contributed by atoms with van der Waals surface area (Å²) in [4.78, 5) is 16.4. The van der Waals surface area contributed by atoms with Gasteiger partial charge in [-0.3, -0.25) is 4.79 Å². The molecule has 1 amide bonds. The fourth-order valence-electron chi connectivity index (χ4n) is 2.47. The number of carbonyl (C=O) groups is 1. The van der Waals surface area contributed by atoms with E-state index in [1.165, 1.54) is 0 Å². The summed E-state index contributed by atoms with van der Waals surface area (Å²) >= 11 is 11.9. The van der Waals surface area contributed by atoms with Crippen molar-refractivity contribution < 1.29 is 9.53 Å². The number of rotatable bonds is 6. The second kappa shape index (κ2) is 8.61. The topological polar surface area (TPSA) is 32.8 Å². The van der Waals surface area contributed by atoms with Crippen molar-refractivity contribution in [2.45, 2.75) is 19.8 Å². The van der Waals surface area contributed by atoms with Gasteiger partial charge in [-0.25, -0.2) is 0 Å². The number of benzene rings is 1. The summed E-state index contributed by atoms with van der Waals surface area (Å²) in [5, 5.41) is 1.08. The Morgan fingerprint density at radius 2 is 1.95 bits per heavy atom. The lowest BCUT2D eigenvalue weighted by atomic mass is 10.2. The molecule has 1 heterocycles. The van der Waals surface area contributed by atoms with E-state index in [0.29, 0.717) is 35.2 Å². The molecule has 1 saturated heterocycles. The maximum atomic E-state index is 12.1. The molecular weight excluding hydrogens is 323 g/mol. The fraction of sp³-hybridized carbons (Fsp3) is 0.562. The molecule has 0 N–H and O–H groups in total. The molecule has 0 spiro atoms. The molecule has 0 bridgehead atoms. The van der Waals surface area contributed by atoms with Crippen LogP contribution in [0.5, 0.6) is 5.75 Å². The predicted molar refractivity (Wildman–Crippen MR) is 89.9 cm³/mol. The third kappa shape index (κ3) is 5.04. The van der Waals surface area contributed by atoms with E-state index >= 15 is 0 Å². The first-order valence-corrected chi connectivity index (χ1v) is 8.43. The van der Waals surface area contributed by atoms with E-state index < -0.39 is 0 Å². The molecule has 1 aromatic carbocycles. The van der Waals surface area contributed by atoms with Crippen LogP contribution < -0.4 is 4.74 Å². The first-order valence-electron chi connectivity index (χ1n) is 7.68. The number of ether oxygens (including phenoxy) is 1. The summed E-state index contributed by atoms with van der Waals surface area (Å²) in [6.07, 6.45) is 1.20. The Morgan fingerprint density at radius 1 is 1.23 bits per heavy atom. The SMILES string of the molecule is CCN1CCN(C(=O)CCCOc2ccc(Cl)cc2Cl)CC1. The van der Waals surface area contributed by atoms with Crippen LogP contribution in [0.1, 0.15) is 19.8 Å². The van der Waals surface area contributed by atoms with E-state index in [0.717, 1.165) is 32.7 Å². The maximum Gasteiger partial charge on any atom is 0.222 e. The van der Waals surface area contributed by atoms with Crippen molar-refractivity contribution in [1.82, 2.24) is 9.80 Å². The summed E-state index contributed by atoms with van der Waals surface area (Å²) in [5.41, 5.74) is 0. The number of hydrogen-bond donors (Lipinski definition) is 0. The number of carbonyl (C=O) groups excluding carboxylic acids is 1. The average molecular weight is 345 g/mol. The number of halogens is 2. The number of nitrogens with zero attached hydrogens (tertiary/aromatic N) is 2. The van der Waals surface area contributed by atoms with Crippen molar-refractivity contribution in [1.29, 1.82) is 0 Å². The van der Waals surface area contributed by atoms with Gasteiger partial charge in [0.2, 0.25) is 5.91 Å². The first-order chi connectivity index (χ1) is 10.6. The Bertz CT molecular complexity index is 503. The zero-order valence-electron chi connectivity index (χ0n) is 12.9. The molecule has 2 rings (SSSR count). The van der Waals surface area contributed by atoms with Crippen LogP contribution in [0, 0.1) is 0 Å². The van der Waals surface area contributed by atoms with Gasteiger partial charge in [-0.05, 0) is 31.2 Å². The first kappa shape index (κ1) is 17.4. The number of piperazine rings is 1. The minimum atomic E-state index is 0.210. The molecule has 0 aromatic heterocycles. The van der Waals surface area contributed by atoms with Crippen molar-refractivity contribution in [2.24, 2.45) is 0 Å². The lowest BCUT2D eigenvalue weighted by Gasteiger charge is -2.34. The number of amides is 1. The molecule has 1 aliphatic heterocycles. The van der Waals surface area contributed by atoms with Gasteiger partial charge in [-0.2, -0.15) is 0 Å². The standard InChI is InChI=1S/C16H22Cl2N2O2/c1-2-19-7-9-20(10-8-19)16(21)4-3-11-22-15-6-5-13(17)12-14(15)18/h5-6,12H,2-4,7-11H2,1H3. The molecule has 22 heavy (non-hydrogen) atoms. The van der Waals surface area contributed by atoms with Gasteiger partial charge in [-0.15, -0.1) is 0 Å². The van der Waals surface area contributed by atoms with E-state index in [2.05, 4.69) is 11.8 Å². The minimum absolute atomic E-state index is 0.210. The highest BCUT2D eigenvalue weighted by atomic mass is 35.5. The van der Waals surface area contributed by atoms with E-state index in [-0.39, 0.29) is 5.91 Å². The van der Waals surface area contributed by atoms with Gasteiger partial charge in [0.1, 0.15) is 5.75 Å². The van der Waals surface area contributed by atoms with E-state index in [1.54, 1.807) is 18.2 Å². The van der Waals surface area contributed by atoms with Crippen LogP contribution in [0.3, 0.4) is 0 Å². The molecule has 4 nitrogen and oxygen atoms in total. The molecule has 6 heteroatoms. The predicted octanol–water partition coefficient (Wildman–Crippen LogP) is 3.32. The highest BCUT2D eigenvalue weighted by Crippen LogP contribution is 2.27. The van der Waals surface area contributed by atoms with Crippen LogP contribution in [0.25, 0.3) is 0 Å². The second-order valence-electron chi connectivity index (χ2n) is 5.34. The Morgan fingerprint density at radius 3 is 2.59 bits per heavy atom. The third-order valence-electron chi connectivity index (χ3n) is 3.86. The van der Waals surface area contributed by atoms with Gasteiger partial charge in [0.15, 0.2) is 0 Å². The van der Waals surface area contributed by atoms with Crippen molar-refractivity contribution >= 4 is 29.1 Å². The van der Waals surface area contributed by atoms with Gasteiger partial charge >= 0.3 is 0 Å². The fourth-order valence-corrected chi connectivity index (χ4v) is 2.93. The normalized spacial score (nSPS) is 15.9. The van der Waals surface area contributed by atoms with Crippen molar-refractivity contribution in [3.05, 3.63) is 28.2 Å². The Hall–Kier alpha value is -0.970. The molecular formula is C16H22Cl2N2O2. The lowest BCUT2D eigenvalue weighted by Crippen LogP contribution is -2.48. The average Bonchev–Trinajstić information content (AvgIpc) is 2.53. The number of hydrogen-bond acceptors (Lipinski definition) is 3. The van der Waals surface area contributed by atoms with Gasteiger partial charge in [-0.1, -0.05) is 30.1 Å². The van der Waals surface area contributed by atoms with Crippen LogP contribution in [0.2, 0.25) is 10.0 Å². The smallest absolute Gasteiger partial charge is 0.222 e. The largest absolute Gasteiger partial charge is 0.492 e. The van der Waals surface area contributed by atoms with Crippen LogP contribution in [-0.2, 0) is 4.79 Å². The van der Waals surface area contributed by atoms with E-state index in [4.69, 9.17) is 27.9 Å². The van der Waals surface area contributed by atoms with Crippen molar-refractivity contribution in [3.8, 4) is 5.75 Å². The molecule has 122 valence electrons. The highest BCUT2D eigenvalue weighted by Gasteiger charge is 2.19. The van der Waals surface area contributed by atoms with E-state index in [1.807, 2.05) is 4.90 Å². The third-order valence-corrected chi connectivity index (χ3v) is 4.39. The van der Waals surface area contributed by atoms with Gasteiger partial charge < -0.3 is 14.5 Å². The molecule has 1 fully saturated rings. The summed E-state index contributed by atoms with van der Waals surface area (Å²) in [6, 6.07) is 5.13. The molecule has 1 aliphatic rings. The monoisotopic (exact) mass is 344 g/mol. The summed E-state index contributed by atoms with van der Waals surface area (Å²) in [7, 11) is 0. The summed E-state index contributed by atoms with van der Waals surface area (Å²) in [5.74, 6) is 0.816. The van der Waals surface area contributed by atoms with E-state index in [9.17, 15) is 4.79 Å². The molecule has 0 unspecified atom stereocenters. The Labute approximate surface area is 141 Å². The molecule has 0 atom stereocenters. The molecule has 0 aliphatic carbocycles. The molecule has 0 saturated carbocycles. The maximum absolute atomic E-state index is 12.1. The number of likely N-dealkylation sites (N-methyl/N-ethyl adjacent to an activating group) is 1. The molecule has 0 radical (unpaired) electrons. The highest BCUT2D eigenvalue weighted by molar-refractivity contribution is 6.35. The lowest BCUT2D eigenvalue weighted by molar-refractivity contribution is -0.133. The summed E-state index contributed by atoms with van der Waals surface area (Å²) < 4.78 is 5.59. The Kier molecular flexibility index (Phi) is 6.80. The van der Waals surface area contributed by atoms with Gasteiger partial charge in [0.05, 0.1) is 11.6 Å². The zero-order chi connectivity index (χ0) is 15.9. The summed E-state index contributed by atoms with van der Waals surface area (Å²) in [6.45, 7) is 7.28. The van der Waals surface area contributed by atoms with Gasteiger partial charge in [0, 0.05) is 37.6 Å². The van der Waals surface area contributed by atoms with Crippen LogP contribution >= 0.6 is 23.2 Å². The van der Waals surface area contributed by atoms with Crippen LogP contribution in [0.15, 0.2) is 18.2 Å². The van der Waals surface area contributed by atoms with Gasteiger partial charge in [0.25, 0.3) is 0 Å². The van der Waals surface area contributed by atoms with Crippen molar-refractivity contribution in [2.75, 3.05) is 39.3 Å². The second-order valence-corrected chi connectivity index (χ2v) is 6.19. The zero-order valence-corrected chi connectivity index (χ0v) is 14.4. The van der Waals surface area contributed by atoms with Crippen LogP contribution in [0.4, 0.5) is 0 Å². The Balaban J connectivity index is 1.67. The quantitative estimate of drug-likeness (QED) is 0.742. The van der Waals surface area contributed by atoms with Crippen LogP contribution in [-0.4, -0.2) is 55.0 Å².